The first-order valence-corrected chi connectivity index (χ1v) is 6.84. The largest absolute Gasteiger partial charge is 0.507 e. The van der Waals surface area contributed by atoms with Crippen LogP contribution in [0.5, 0.6) is 5.75 Å². The summed E-state index contributed by atoms with van der Waals surface area (Å²) in [7, 11) is 0. The maximum atomic E-state index is 12.2. The van der Waals surface area contributed by atoms with Crippen LogP contribution in [0.2, 0.25) is 0 Å². The Labute approximate surface area is 125 Å². The molecule has 0 fully saturated rings. The Balaban J connectivity index is 2.33. The Hall–Kier alpha value is -2.01. The summed E-state index contributed by atoms with van der Waals surface area (Å²) in [6.45, 7) is 3.75. The molecule has 0 saturated carbocycles. The van der Waals surface area contributed by atoms with Crippen molar-refractivity contribution in [3.05, 3.63) is 51.5 Å². The molecule has 0 bridgehead atoms. The van der Waals surface area contributed by atoms with Crippen LogP contribution in [-0.4, -0.2) is 11.0 Å². The Bertz CT molecular complexity index is 661. The van der Waals surface area contributed by atoms with E-state index in [1.807, 2.05) is 13.8 Å². The molecule has 0 radical (unpaired) electrons. The van der Waals surface area contributed by atoms with Crippen LogP contribution in [0.3, 0.4) is 0 Å². The molecule has 20 heavy (non-hydrogen) atoms. The van der Waals surface area contributed by atoms with Gasteiger partial charge in [0.1, 0.15) is 5.75 Å². The zero-order valence-electron chi connectivity index (χ0n) is 11.2. The summed E-state index contributed by atoms with van der Waals surface area (Å²) in [5, 5.41) is 12.6. The van der Waals surface area contributed by atoms with Crippen molar-refractivity contribution in [1.82, 2.24) is 0 Å². The fourth-order valence-corrected chi connectivity index (χ4v) is 2.42. The van der Waals surface area contributed by atoms with Gasteiger partial charge in [-0.1, -0.05) is 15.9 Å². The predicted molar refractivity (Wildman–Crippen MR) is 84.1 cm³/mol. The Kier molecular flexibility index (Phi) is 3.99. The minimum absolute atomic E-state index is 0.0670. The van der Waals surface area contributed by atoms with Gasteiger partial charge in [0.05, 0.1) is 5.56 Å². The molecule has 0 spiro atoms. The number of nitrogen functional groups attached to an aromatic ring is 1. The zero-order chi connectivity index (χ0) is 14.9. The van der Waals surface area contributed by atoms with Crippen molar-refractivity contribution in [2.24, 2.45) is 0 Å². The summed E-state index contributed by atoms with van der Waals surface area (Å²) in [5.74, 6) is -0.423. The van der Waals surface area contributed by atoms with E-state index in [-0.39, 0.29) is 17.2 Å². The summed E-state index contributed by atoms with van der Waals surface area (Å²) < 4.78 is 0.714. The zero-order valence-corrected chi connectivity index (χ0v) is 12.8. The highest BCUT2D eigenvalue weighted by atomic mass is 79.9. The highest BCUT2D eigenvalue weighted by Crippen LogP contribution is 2.26. The number of rotatable bonds is 2. The van der Waals surface area contributed by atoms with Crippen molar-refractivity contribution in [3.63, 3.8) is 0 Å². The molecule has 4 nitrogen and oxygen atoms in total. The topological polar surface area (TPSA) is 75.3 Å². The Morgan fingerprint density at radius 2 is 1.80 bits per heavy atom. The number of carbonyl (C=O) groups excluding carboxylic acids is 1. The number of carbonyl (C=O) groups is 1. The molecule has 0 heterocycles. The molecule has 0 saturated heterocycles. The molecule has 0 atom stereocenters. The van der Waals surface area contributed by atoms with Crippen molar-refractivity contribution >= 4 is 33.2 Å². The van der Waals surface area contributed by atoms with Crippen LogP contribution in [0.1, 0.15) is 21.5 Å². The summed E-state index contributed by atoms with van der Waals surface area (Å²) >= 11 is 3.24. The van der Waals surface area contributed by atoms with Gasteiger partial charge in [-0.05, 0) is 55.3 Å². The second kappa shape index (κ2) is 5.54. The Morgan fingerprint density at radius 1 is 1.20 bits per heavy atom. The predicted octanol–water partition coefficient (Wildman–Crippen LogP) is 3.61. The van der Waals surface area contributed by atoms with E-state index in [4.69, 9.17) is 5.73 Å². The van der Waals surface area contributed by atoms with E-state index in [0.717, 1.165) is 11.1 Å². The van der Waals surface area contributed by atoms with Gasteiger partial charge in [-0.2, -0.15) is 0 Å². The first-order valence-electron chi connectivity index (χ1n) is 6.05. The second-order valence-electron chi connectivity index (χ2n) is 4.65. The van der Waals surface area contributed by atoms with E-state index in [2.05, 4.69) is 21.2 Å². The average Bonchev–Trinajstić information content (AvgIpc) is 2.33. The summed E-state index contributed by atoms with van der Waals surface area (Å²) in [5.41, 5.74) is 9.11. The van der Waals surface area contributed by atoms with E-state index in [0.29, 0.717) is 15.8 Å². The third-order valence-corrected chi connectivity index (χ3v) is 3.49. The van der Waals surface area contributed by atoms with Crippen LogP contribution in [0.15, 0.2) is 34.8 Å². The first-order chi connectivity index (χ1) is 9.38. The molecule has 2 aromatic rings. The van der Waals surface area contributed by atoms with Crippen LogP contribution >= 0.6 is 15.9 Å². The molecule has 1 amide bonds. The number of amides is 1. The van der Waals surface area contributed by atoms with E-state index < -0.39 is 0 Å². The molecule has 2 rings (SSSR count). The van der Waals surface area contributed by atoms with E-state index >= 15 is 0 Å². The number of nitrogens with two attached hydrogens (primary N) is 1. The molecular weight excluding hydrogens is 320 g/mol. The SMILES string of the molecule is Cc1cc(N)cc(C)c1NC(=O)c1ccc(Br)cc1O. The lowest BCUT2D eigenvalue weighted by molar-refractivity contribution is 0.102. The normalized spacial score (nSPS) is 10.3. The van der Waals surface area contributed by atoms with Crippen molar-refractivity contribution in [2.75, 3.05) is 11.1 Å². The summed E-state index contributed by atoms with van der Waals surface area (Å²) in [6.07, 6.45) is 0. The highest BCUT2D eigenvalue weighted by molar-refractivity contribution is 9.10. The number of hydrogen-bond acceptors (Lipinski definition) is 3. The lowest BCUT2D eigenvalue weighted by Gasteiger charge is -2.13. The monoisotopic (exact) mass is 334 g/mol. The molecular formula is C15H15BrN2O2. The van der Waals surface area contributed by atoms with Crippen LogP contribution in [0, 0.1) is 13.8 Å². The van der Waals surface area contributed by atoms with Gasteiger partial charge in [-0.15, -0.1) is 0 Å². The number of anilines is 2. The van der Waals surface area contributed by atoms with Gasteiger partial charge < -0.3 is 16.2 Å². The van der Waals surface area contributed by atoms with Gasteiger partial charge in [-0.3, -0.25) is 4.79 Å². The maximum absolute atomic E-state index is 12.2. The first kappa shape index (κ1) is 14.4. The van der Waals surface area contributed by atoms with E-state index in [9.17, 15) is 9.90 Å². The second-order valence-corrected chi connectivity index (χ2v) is 5.56. The molecule has 4 N–H and O–H groups in total. The third kappa shape index (κ3) is 2.93. The van der Waals surface area contributed by atoms with Crippen molar-refractivity contribution in [1.29, 1.82) is 0 Å². The van der Waals surface area contributed by atoms with Crippen molar-refractivity contribution in [2.45, 2.75) is 13.8 Å². The number of phenolic OH excluding ortho intramolecular Hbond substituents is 1. The summed E-state index contributed by atoms with van der Waals surface area (Å²) in [4.78, 5) is 12.2. The van der Waals surface area contributed by atoms with E-state index in [1.165, 1.54) is 6.07 Å². The number of phenols is 1. The number of hydrogen-bond donors (Lipinski definition) is 3. The minimum atomic E-state index is -0.356. The number of halogens is 1. The van der Waals surface area contributed by atoms with Gasteiger partial charge in [-0.25, -0.2) is 0 Å². The van der Waals surface area contributed by atoms with Gasteiger partial charge in [0.15, 0.2) is 0 Å². The smallest absolute Gasteiger partial charge is 0.259 e. The van der Waals surface area contributed by atoms with Crippen LogP contribution in [0.25, 0.3) is 0 Å². The molecule has 2 aromatic carbocycles. The molecule has 0 unspecified atom stereocenters. The summed E-state index contributed by atoms with van der Waals surface area (Å²) in [6, 6.07) is 8.35. The van der Waals surface area contributed by atoms with Crippen LogP contribution in [-0.2, 0) is 0 Å². The van der Waals surface area contributed by atoms with Gasteiger partial charge in [0.25, 0.3) is 5.91 Å². The van der Waals surface area contributed by atoms with E-state index in [1.54, 1.807) is 24.3 Å². The van der Waals surface area contributed by atoms with Crippen LogP contribution < -0.4 is 11.1 Å². The number of benzene rings is 2. The fraction of sp³-hybridized carbons (Fsp3) is 0.133. The number of aryl methyl sites for hydroxylation is 2. The Morgan fingerprint density at radius 3 is 2.35 bits per heavy atom. The third-order valence-electron chi connectivity index (χ3n) is 3.00. The average molecular weight is 335 g/mol. The molecule has 0 aliphatic rings. The highest BCUT2D eigenvalue weighted by Gasteiger charge is 2.14. The molecule has 0 aliphatic carbocycles. The molecule has 0 aliphatic heterocycles. The quantitative estimate of drug-likeness (QED) is 0.734. The van der Waals surface area contributed by atoms with Crippen molar-refractivity contribution < 1.29 is 9.90 Å². The van der Waals surface area contributed by atoms with Crippen molar-refractivity contribution in [3.8, 4) is 5.75 Å². The minimum Gasteiger partial charge on any atom is -0.507 e. The van der Waals surface area contributed by atoms with Gasteiger partial charge in [0, 0.05) is 15.8 Å². The molecule has 0 aromatic heterocycles. The van der Waals surface area contributed by atoms with Crippen LogP contribution in [0.4, 0.5) is 11.4 Å². The van der Waals surface area contributed by atoms with Gasteiger partial charge in [0.2, 0.25) is 0 Å². The van der Waals surface area contributed by atoms with Gasteiger partial charge >= 0.3 is 0 Å². The lowest BCUT2D eigenvalue weighted by Crippen LogP contribution is -2.14. The maximum Gasteiger partial charge on any atom is 0.259 e. The molecule has 5 heteroatoms. The molecule has 104 valence electrons. The number of nitrogens with one attached hydrogen (secondary N) is 1. The fourth-order valence-electron chi connectivity index (χ4n) is 2.07. The number of aromatic hydroxyl groups is 1. The lowest BCUT2D eigenvalue weighted by atomic mass is 10.1. The standard InChI is InChI=1S/C15H15BrN2O2/c1-8-5-11(17)6-9(2)14(8)18-15(20)12-4-3-10(16)7-13(12)19/h3-7,19H,17H2,1-2H3,(H,18,20).